The Morgan fingerprint density at radius 2 is 1.44 bits per heavy atom. The third-order valence-corrected chi connectivity index (χ3v) is 6.27. The minimum atomic E-state index is 0.0464. The van der Waals surface area contributed by atoms with E-state index in [9.17, 15) is 4.79 Å². The second kappa shape index (κ2) is 7.35. The number of para-hydroxylation sites is 1. The number of hydrogen-bond donors (Lipinski definition) is 0. The molecule has 2 saturated heterocycles. The van der Waals surface area contributed by atoms with Crippen molar-refractivity contribution >= 4 is 17.3 Å². The highest BCUT2D eigenvalue weighted by Gasteiger charge is 2.40. The average Bonchev–Trinajstić information content (AvgIpc) is 2.90. The van der Waals surface area contributed by atoms with E-state index < -0.39 is 0 Å². The molecule has 142 valence electrons. The minimum absolute atomic E-state index is 0.0464. The molecule has 0 spiro atoms. The molecule has 0 radical (unpaired) electrons. The number of fused-ring (bicyclic) bond motifs is 2. The molecule has 27 heavy (non-hydrogen) atoms. The lowest BCUT2D eigenvalue weighted by Crippen LogP contribution is -2.47. The van der Waals surface area contributed by atoms with Gasteiger partial charge in [-0.2, -0.15) is 0 Å². The van der Waals surface area contributed by atoms with E-state index in [1.165, 1.54) is 37.1 Å². The van der Waals surface area contributed by atoms with Gasteiger partial charge >= 0.3 is 0 Å². The fourth-order valence-corrected chi connectivity index (χ4v) is 4.78. The maximum Gasteiger partial charge on any atom is 0.253 e. The van der Waals surface area contributed by atoms with Gasteiger partial charge in [0.15, 0.2) is 0 Å². The molecule has 2 heterocycles. The highest BCUT2D eigenvalue weighted by molar-refractivity contribution is 5.94. The Bertz CT molecular complexity index is 773. The molecule has 0 aliphatic carbocycles. The quantitative estimate of drug-likeness (QED) is 0.816. The predicted octanol–water partition coefficient (Wildman–Crippen LogP) is 4.15. The molecule has 0 N–H and O–H groups in total. The van der Waals surface area contributed by atoms with Crippen molar-refractivity contribution in [1.82, 2.24) is 9.80 Å². The van der Waals surface area contributed by atoms with Crippen LogP contribution in [0.25, 0.3) is 0 Å². The number of rotatable bonds is 4. The molecule has 4 rings (SSSR count). The molecule has 2 aromatic carbocycles. The van der Waals surface area contributed by atoms with Gasteiger partial charge in [-0.15, -0.1) is 0 Å². The van der Waals surface area contributed by atoms with Crippen molar-refractivity contribution in [2.24, 2.45) is 0 Å². The van der Waals surface area contributed by atoms with Gasteiger partial charge in [-0.25, -0.2) is 0 Å². The summed E-state index contributed by atoms with van der Waals surface area (Å²) in [4.78, 5) is 18.9. The van der Waals surface area contributed by atoms with Crippen molar-refractivity contribution < 1.29 is 4.79 Å². The Morgan fingerprint density at radius 1 is 0.889 bits per heavy atom. The molecule has 2 aromatic rings. The van der Waals surface area contributed by atoms with Crippen LogP contribution in [-0.4, -0.2) is 55.0 Å². The van der Waals surface area contributed by atoms with E-state index in [0.29, 0.717) is 18.1 Å². The summed E-state index contributed by atoms with van der Waals surface area (Å²) in [5.41, 5.74) is 3.14. The molecule has 1 unspecified atom stereocenters. The van der Waals surface area contributed by atoms with Crippen molar-refractivity contribution in [3.63, 3.8) is 0 Å². The summed E-state index contributed by atoms with van der Waals surface area (Å²) < 4.78 is 0. The fourth-order valence-electron chi connectivity index (χ4n) is 4.78. The molecule has 1 amide bonds. The van der Waals surface area contributed by atoms with Crippen LogP contribution in [0, 0.1) is 0 Å². The van der Waals surface area contributed by atoms with Gasteiger partial charge < -0.3 is 14.7 Å². The summed E-state index contributed by atoms with van der Waals surface area (Å²) in [5, 5.41) is 0. The van der Waals surface area contributed by atoms with E-state index >= 15 is 0 Å². The molecule has 0 aromatic heterocycles. The average molecular weight is 364 g/mol. The van der Waals surface area contributed by atoms with Gasteiger partial charge in [-0.05, 0) is 69.1 Å². The molecular weight excluding hydrogens is 334 g/mol. The molecule has 4 nitrogen and oxygen atoms in total. The largest absolute Gasteiger partial charge is 0.345 e. The van der Waals surface area contributed by atoms with Crippen LogP contribution in [0.15, 0.2) is 54.6 Å². The normalized spacial score (nSPS) is 24.6. The molecule has 3 atom stereocenters. The van der Waals surface area contributed by atoms with Gasteiger partial charge in [0.25, 0.3) is 5.91 Å². The van der Waals surface area contributed by atoms with Crippen molar-refractivity contribution in [2.45, 2.75) is 43.8 Å². The third kappa shape index (κ3) is 3.46. The number of amides is 1. The van der Waals surface area contributed by atoms with Crippen molar-refractivity contribution in [3.8, 4) is 0 Å². The number of piperidine rings is 1. The van der Waals surface area contributed by atoms with E-state index in [1.807, 2.05) is 12.1 Å². The van der Waals surface area contributed by atoms with Gasteiger partial charge in [0.05, 0.1) is 0 Å². The van der Waals surface area contributed by atoms with Crippen LogP contribution in [0.5, 0.6) is 0 Å². The van der Waals surface area contributed by atoms with Crippen LogP contribution in [0.2, 0.25) is 0 Å². The number of hydrogen-bond acceptors (Lipinski definition) is 3. The third-order valence-electron chi connectivity index (χ3n) is 6.27. The highest BCUT2D eigenvalue weighted by Crippen LogP contribution is 2.40. The molecular formula is C23H29N3O. The number of anilines is 2. The fraction of sp³-hybridized carbons (Fsp3) is 0.435. The molecule has 4 heteroatoms. The van der Waals surface area contributed by atoms with Crippen LogP contribution in [-0.2, 0) is 0 Å². The monoisotopic (exact) mass is 363 g/mol. The maximum atomic E-state index is 12.2. The zero-order valence-electron chi connectivity index (χ0n) is 16.5. The maximum absolute atomic E-state index is 12.2. The first kappa shape index (κ1) is 18.1. The lowest BCUT2D eigenvalue weighted by atomic mass is 9.95. The van der Waals surface area contributed by atoms with Crippen LogP contribution in [0.1, 0.15) is 36.0 Å². The van der Waals surface area contributed by atoms with Crippen LogP contribution in [0.4, 0.5) is 11.4 Å². The highest BCUT2D eigenvalue weighted by atomic mass is 16.2. The summed E-state index contributed by atoms with van der Waals surface area (Å²) in [5.74, 6) is 0.0464. The Kier molecular flexibility index (Phi) is 4.92. The SMILES string of the molecule is CN(C)C(=O)c1ccc(N(c2ccccc2)C2C[C@H]3CC[C@@H](C2)N3C)cc1. The summed E-state index contributed by atoms with van der Waals surface area (Å²) in [6.45, 7) is 0. The van der Waals surface area contributed by atoms with E-state index in [-0.39, 0.29) is 5.91 Å². The van der Waals surface area contributed by atoms with Crippen molar-refractivity contribution in [1.29, 1.82) is 0 Å². The predicted molar refractivity (Wildman–Crippen MR) is 111 cm³/mol. The minimum Gasteiger partial charge on any atom is -0.345 e. The molecule has 2 bridgehead atoms. The summed E-state index contributed by atoms with van der Waals surface area (Å²) >= 11 is 0. The summed E-state index contributed by atoms with van der Waals surface area (Å²) in [7, 11) is 5.87. The van der Waals surface area contributed by atoms with Crippen LogP contribution in [0.3, 0.4) is 0 Å². The Labute approximate surface area is 162 Å². The van der Waals surface area contributed by atoms with E-state index in [4.69, 9.17) is 0 Å². The van der Waals surface area contributed by atoms with Gasteiger partial charge in [0.1, 0.15) is 0 Å². The zero-order valence-corrected chi connectivity index (χ0v) is 16.5. The number of carbonyl (C=O) groups is 1. The topological polar surface area (TPSA) is 26.8 Å². The Balaban J connectivity index is 1.66. The van der Waals surface area contributed by atoms with E-state index in [2.05, 4.69) is 59.3 Å². The van der Waals surface area contributed by atoms with E-state index in [0.717, 1.165) is 5.56 Å². The van der Waals surface area contributed by atoms with Crippen molar-refractivity contribution in [2.75, 3.05) is 26.0 Å². The van der Waals surface area contributed by atoms with Gasteiger partial charge in [0.2, 0.25) is 0 Å². The number of carbonyl (C=O) groups excluding carboxylic acids is 1. The number of benzene rings is 2. The Hall–Kier alpha value is -2.33. The molecule has 2 aliphatic rings. The van der Waals surface area contributed by atoms with Crippen molar-refractivity contribution in [3.05, 3.63) is 60.2 Å². The zero-order chi connectivity index (χ0) is 19.0. The standard InChI is InChI=1S/C23H29N3O/c1-24(2)23(27)17-9-11-19(12-10-17)26(18-7-5-4-6-8-18)22-15-20-13-14-21(16-22)25(20)3/h4-12,20-22H,13-16H2,1-3H3/t20-,21+,22?. The first-order valence-corrected chi connectivity index (χ1v) is 9.92. The molecule has 2 aliphatic heterocycles. The van der Waals surface area contributed by atoms with E-state index in [1.54, 1.807) is 19.0 Å². The second-order valence-electron chi connectivity index (χ2n) is 8.13. The van der Waals surface area contributed by atoms with Gasteiger partial charge in [0, 0.05) is 49.2 Å². The first-order chi connectivity index (χ1) is 13.0. The summed E-state index contributed by atoms with van der Waals surface area (Å²) in [6, 6.07) is 20.7. The second-order valence-corrected chi connectivity index (χ2v) is 8.13. The summed E-state index contributed by atoms with van der Waals surface area (Å²) in [6.07, 6.45) is 5.02. The number of nitrogens with zero attached hydrogens (tertiary/aromatic N) is 3. The lowest BCUT2D eigenvalue weighted by Gasteiger charge is -2.43. The van der Waals surface area contributed by atoms with Gasteiger partial charge in [-0.1, -0.05) is 18.2 Å². The Morgan fingerprint density at radius 3 is 2.00 bits per heavy atom. The van der Waals surface area contributed by atoms with Gasteiger partial charge in [-0.3, -0.25) is 4.79 Å². The van der Waals surface area contributed by atoms with Crippen LogP contribution >= 0.6 is 0 Å². The first-order valence-electron chi connectivity index (χ1n) is 9.92. The smallest absolute Gasteiger partial charge is 0.253 e. The lowest BCUT2D eigenvalue weighted by molar-refractivity contribution is 0.0827. The van der Waals surface area contributed by atoms with Crippen LogP contribution < -0.4 is 4.90 Å². The molecule has 2 fully saturated rings. The molecule has 0 saturated carbocycles.